The molecule has 0 aromatic rings. The van der Waals surface area contributed by atoms with Crippen molar-refractivity contribution in [2.24, 2.45) is 0 Å². The summed E-state index contributed by atoms with van der Waals surface area (Å²) in [5.41, 5.74) is 0.367. The van der Waals surface area contributed by atoms with Gasteiger partial charge in [0.1, 0.15) is 13.2 Å². The zero-order valence-corrected chi connectivity index (χ0v) is 46.4. The molecule has 25 heteroatoms. The van der Waals surface area contributed by atoms with Gasteiger partial charge in [-0.2, -0.15) is 0 Å². The van der Waals surface area contributed by atoms with E-state index in [0.29, 0.717) is 237 Å². The van der Waals surface area contributed by atoms with Crippen LogP contribution >= 0.6 is 0 Å². The van der Waals surface area contributed by atoms with Crippen molar-refractivity contribution < 1.29 is 119 Å². The number of ether oxygens (including phenoxy) is 20. The molecule has 0 saturated carbocycles. The molecule has 0 atom stereocenters. The van der Waals surface area contributed by atoms with Crippen molar-refractivity contribution in [1.82, 2.24) is 0 Å². The van der Waals surface area contributed by atoms with E-state index < -0.39 is 5.97 Å². The standard InChI is InChI=1S/C51H100O25/c1-50(2)51(52)72-46-44-70-41-40-68-37-36-66-33-32-61-23-22-59-19-18-57-15-14-54-10-8-6-4-5-7-9-11-55-45-47-73-75-49-76-74-48-71-43-42-69-39-38-67-35-34-65-31-30-64-29-28-63-27-26-62-25-24-60-21-20-58-17-16-56-13-12-53-3/h1,4-49H2,2-3H3. The molecule has 0 aromatic heterocycles. The summed E-state index contributed by atoms with van der Waals surface area (Å²) in [5, 5.41) is 0. The van der Waals surface area contributed by atoms with E-state index >= 15 is 0 Å². The molecule has 76 heavy (non-hydrogen) atoms. The Morgan fingerprint density at radius 2 is 0.474 bits per heavy atom. The maximum Gasteiger partial charge on any atom is 0.333 e. The highest BCUT2D eigenvalue weighted by molar-refractivity contribution is 5.86. The molecule has 0 amide bonds. The van der Waals surface area contributed by atoms with Crippen molar-refractivity contribution in [3.05, 3.63) is 12.2 Å². The Balaban J connectivity index is 3.09. The lowest BCUT2D eigenvalue weighted by atomic mass is 10.1. The van der Waals surface area contributed by atoms with Crippen LogP contribution in [-0.2, 0) is 119 Å². The van der Waals surface area contributed by atoms with Crippen LogP contribution in [0.5, 0.6) is 0 Å². The van der Waals surface area contributed by atoms with E-state index in [1.807, 2.05) is 0 Å². The number of esters is 1. The van der Waals surface area contributed by atoms with Gasteiger partial charge in [-0.15, -0.1) is 0 Å². The van der Waals surface area contributed by atoms with Crippen LogP contribution in [0.2, 0.25) is 0 Å². The van der Waals surface area contributed by atoms with Crippen molar-refractivity contribution in [2.45, 2.75) is 45.4 Å². The molecule has 0 heterocycles. The summed E-state index contributed by atoms with van der Waals surface area (Å²) >= 11 is 0. The first-order chi connectivity index (χ1) is 37.7. The average Bonchev–Trinajstić information content (AvgIpc) is 3.42. The maximum atomic E-state index is 11.2. The molecule has 0 N–H and O–H groups in total. The lowest BCUT2D eigenvalue weighted by Gasteiger charge is -2.09. The number of hydrogen-bond acceptors (Lipinski definition) is 25. The molecule has 25 nitrogen and oxygen atoms in total. The van der Waals surface area contributed by atoms with Crippen LogP contribution in [-0.4, -0.2) is 278 Å². The highest BCUT2D eigenvalue weighted by atomic mass is 17.3. The maximum absolute atomic E-state index is 11.2. The lowest BCUT2D eigenvalue weighted by molar-refractivity contribution is -0.434. The Kier molecular flexibility index (Phi) is 67.8. The van der Waals surface area contributed by atoms with Crippen LogP contribution in [0, 0.1) is 0 Å². The molecule has 0 rings (SSSR count). The van der Waals surface area contributed by atoms with Gasteiger partial charge in [0.05, 0.1) is 225 Å². The SMILES string of the molecule is C=C(C)C(=O)OCCOCCOCCOCCOCCOCCOCCOCCCCCCCCOCCOOCOOCOCCOCCOCCOCCOCCOCCOCCOCCOCCOCCOC. The van der Waals surface area contributed by atoms with Gasteiger partial charge in [0.25, 0.3) is 0 Å². The Labute approximate surface area is 453 Å². The molecule has 454 valence electrons. The number of hydrogen-bond donors (Lipinski definition) is 0. The van der Waals surface area contributed by atoms with E-state index in [1.165, 1.54) is 12.8 Å². The number of rotatable bonds is 70. The molecule has 0 aliphatic carbocycles. The fraction of sp³-hybridized carbons (Fsp3) is 0.941. The smallest absolute Gasteiger partial charge is 0.333 e. The molecule has 0 aliphatic rings. The monoisotopic (exact) mass is 1110 g/mol. The van der Waals surface area contributed by atoms with Crippen LogP contribution in [0.25, 0.3) is 0 Å². The Morgan fingerprint density at radius 1 is 0.250 bits per heavy atom. The predicted octanol–water partition coefficient (Wildman–Crippen LogP) is 3.20. The average molecular weight is 1110 g/mol. The van der Waals surface area contributed by atoms with E-state index in [9.17, 15) is 4.79 Å². The molecule has 0 saturated heterocycles. The first-order valence-electron chi connectivity index (χ1n) is 26.9. The van der Waals surface area contributed by atoms with Crippen molar-refractivity contribution in [3.63, 3.8) is 0 Å². The molecular weight excluding hydrogens is 1010 g/mol. The van der Waals surface area contributed by atoms with Crippen LogP contribution < -0.4 is 0 Å². The fourth-order valence-corrected chi connectivity index (χ4v) is 5.44. The minimum atomic E-state index is -0.416. The summed E-state index contributed by atoms with van der Waals surface area (Å²) in [6.07, 6.45) is 6.64. The summed E-state index contributed by atoms with van der Waals surface area (Å²) in [7, 11) is 1.64. The minimum Gasteiger partial charge on any atom is -0.460 e. The van der Waals surface area contributed by atoms with Crippen molar-refractivity contribution in [1.29, 1.82) is 0 Å². The lowest BCUT2D eigenvalue weighted by Crippen LogP contribution is -2.15. The summed E-state index contributed by atoms with van der Waals surface area (Å²) < 4.78 is 108. The summed E-state index contributed by atoms with van der Waals surface area (Å²) in [5.74, 6) is -0.416. The third-order valence-electron chi connectivity index (χ3n) is 9.35. The minimum absolute atomic E-state index is 0.0724. The summed E-state index contributed by atoms with van der Waals surface area (Å²) in [6, 6.07) is 0. The van der Waals surface area contributed by atoms with Gasteiger partial charge in [0.15, 0.2) is 6.79 Å². The van der Waals surface area contributed by atoms with Crippen molar-refractivity contribution >= 4 is 5.97 Å². The Hall–Kier alpha value is -1.71. The van der Waals surface area contributed by atoms with Crippen LogP contribution in [0.1, 0.15) is 45.4 Å². The largest absolute Gasteiger partial charge is 0.460 e. The first-order valence-corrected chi connectivity index (χ1v) is 26.9. The predicted molar refractivity (Wildman–Crippen MR) is 274 cm³/mol. The Morgan fingerprint density at radius 3 is 0.776 bits per heavy atom. The quantitative estimate of drug-likeness (QED) is 0.0212. The van der Waals surface area contributed by atoms with E-state index in [0.717, 1.165) is 32.3 Å². The molecule has 0 unspecified atom stereocenters. The number of carbonyl (C=O) groups is 1. The van der Waals surface area contributed by atoms with Gasteiger partial charge in [-0.1, -0.05) is 32.3 Å². The second-order valence-electron chi connectivity index (χ2n) is 15.8. The molecule has 0 aromatic carbocycles. The van der Waals surface area contributed by atoms with Crippen LogP contribution in [0.15, 0.2) is 12.2 Å². The third-order valence-corrected chi connectivity index (χ3v) is 9.35. The third kappa shape index (κ3) is 68.4. The molecule has 0 bridgehead atoms. The molecule has 0 spiro atoms. The van der Waals surface area contributed by atoms with Crippen molar-refractivity contribution in [2.75, 3.05) is 272 Å². The van der Waals surface area contributed by atoms with Gasteiger partial charge in [-0.05, 0) is 19.8 Å². The molecule has 0 aliphatic heterocycles. The van der Waals surface area contributed by atoms with Gasteiger partial charge in [-0.3, -0.25) is 0 Å². The first kappa shape index (κ1) is 74.3. The van der Waals surface area contributed by atoms with Crippen LogP contribution in [0.4, 0.5) is 0 Å². The van der Waals surface area contributed by atoms with Gasteiger partial charge >= 0.3 is 5.97 Å². The van der Waals surface area contributed by atoms with Gasteiger partial charge in [-0.25, -0.2) is 24.3 Å². The highest BCUT2D eigenvalue weighted by Gasteiger charge is 2.03. The number of unbranched alkanes of at least 4 members (excludes halogenated alkanes) is 5. The van der Waals surface area contributed by atoms with Crippen molar-refractivity contribution in [3.8, 4) is 0 Å². The molecule has 0 radical (unpaired) electrons. The molecular formula is C51H100O25. The summed E-state index contributed by atoms with van der Waals surface area (Å²) in [6.45, 7) is 23.2. The molecule has 0 fully saturated rings. The van der Waals surface area contributed by atoms with E-state index in [-0.39, 0.29) is 26.8 Å². The normalized spacial score (nSPS) is 11.6. The topological polar surface area (TPSA) is 239 Å². The zero-order chi connectivity index (χ0) is 54.7. The second kappa shape index (κ2) is 69.4. The van der Waals surface area contributed by atoms with E-state index in [4.69, 9.17) is 114 Å². The van der Waals surface area contributed by atoms with E-state index in [2.05, 4.69) is 6.58 Å². The van der Waals surface area contributed by atoms with Gasteiger partial charge < -0.3 is 94.7 Å². The summed E-state index contributed by atoms with van der Waals surface area (Å²) in [4.78, 5) is 30.8. The van der Waals surface area contributed by atoms with Gasteiger partial charge in [0.2, 0.25) is 6.79 Å². The number of methoxy groups -OCH3 is 1. The number of carbonyl (C=O) groups excluding carboxylic acids is 1. The van der Waals surface area contributed by atoms with Crippen LogP contribution in [0.3, 0.4) is 0 Å². The van der Waals surface area contributed by atoms with Gasteiger partial charge in [0, 0.05) is 25.9 Å². The second-order valence-corrected chi connectivity index (χ2v) is 15.8. The highest BCUT2D eigenvalue weighted by Crippen LogP contribution is 2.06. The zero-order valence-electron chi connectivity index (χ0n) is 46.4. The van der Waals surface area contributed by atoms with E-state index in [1.54, 1.807) is 14.0 Å². The fourth-order valence-electron chi connectivity index (χ4n) is 5.44. The Bertz CT molecular complexity index is 1100.